The van der Waals surface area contributed by atoms with Crippen LogP contribution < -0.4 is 0 Å². The van der Waals surface area contributed by atoms with E-state index in [2.05, 4.69) is 5.10 Å². The molecule has 0 unspecified atom stereocenters. The highest BCUT2D eigenvalue weighted by molar-refractivity contribution is 5.69. The molecule has 2 heterocycles. The molecule has 1 aromatic heterocycles. The maximum Gasteiger partial charge on any atom is 0.416 e. The lowest BCUT2D eigenvalue weighted by Crippen LogP contribution is -2.35. The minimum Gasteiger partial charge on any atom is -0.465 e. The summed E-state index contributed by atoms with van der Waals surface area (Å²) in [7, 11) is 0. The van der Waals surface area contributed by atoms with Crippen LogP contribution in [0.1, 0.15) is 23.2 Å². The maximum absolute atomic E-state index is 12.8. The first-order valence-electron chi connectivity index (χ1n) is 8.16. The largest absolute Gasteiger partial charge is 0.465 e. The molecule has 1 amide bonds. The lowest BCUT2D eigenvalue weighted by atomic mass is 10.00. The summed E-state index contributed by atoms with van der Waals surface area (Å²) in [5.74, 6) is 0. The van der Waals surface area contributed by atoms with E-state index < -0.39 is 17.8 Å². The van der Waals surface area contributed by atoms with Crippen molar-refractivity contribution in [3.8, 4) is 11.3 Å². The van der Waals surface area contributed by atoms with Gasteiger partial charge >= 0.3 is 12.3 Å². The lowest BCUT2D eigenvalue weighted by molar-refractivity contribution is -0.137. The molecule has 0 bridgehead atoms. The summed E-state index contributed by atoms with van der Waals surface area (Å²) in [6.45, 7) is 0.928. The smallest absolute Gasteiger partial charge is 0.416 e. The molecule has 0 fully saturated rings. The highest BCUT2D eigenvalue weighted by atomic mass is 19.4. The first-order valence-corrected chi connectivity index (χ1v) is 8.16. The highest BCUT2D eigenvalue weighted by Gasteiger charge is 2.31. The molecule has 0 spiro atoms. The number of amides is 1. The van der Waals surface area contributed by atoms with Gasteiger partial charge in [0, 0.05) is 42.9 Å². The Morgan fingerprint density at radius 1 is 1.23 bits per heavy atom. The molecule has 26 heavy (non-hydrogen) atoms. The minimum absolute atomic E-state index is 0.00844. The topological polar surface area (TPSA) is 78.6 Å². The lowest BCUT2D eigenvalue weighted by Gasteiger charge is -2.25. The zero-order valence-electron chi connectivity index (χ0n) is 13.8. The molecular weight excluding hydrogens is 351 g/mol. The maximum atomic E-state index is 12.8. The van der Waals surface area contributed by atoms with Gasteiger partial charge in [-0.1, -0.05) is 12.1 Å². The van der Waals surface area contributed by atoms with Gasteiger partial charge in [-0.05, 0) is 18.6 Å². The Labute approximate surface area is 147 Å². The van der Waals surface area contributed by atoms with Crippen molar-refractivity contribution >= 4 is 6.09 Å². The summed E-state index contributed by atoms with van der Waals surface area (Å²) in [6, 6.07) is 4.68. The number of aryl methyl sites for hydroxylation is 1. The van der Waals surface area contributed by atoms with Crippen LogP contribution in [-0.2, 0) is 25.7 Å². The van der Waals surface area contributed by atoms with Crippen LogP contribution in [-0.4, -0.2) is 44.1 Å². The molecule has 2 N–H and O–H groups in total. The van der Waals surface area contributed by atoms with E-state index in [1.807, 2.05) is 0 Å². The van der Waals surface area contributed by atoms with E-state index in [9.17, 15) is 23.1 Å². The van der Waals surface area contributed by atoms with Gasteiger partial charge < -0.3 is 15.1 Å². The second-order valence-electron chi connectivity index (χ2n) is 6.10. The average Bonchev–Trinajstić information content (AvgIpc) is 2.97. The summed E-state index contributed by atoms with van der Waals surface area (Å²) >= 11 is 0. The van der Waals surface area contributed by atoms with Crippen LogP contribution >= 0.6 is 0 Å². The van der Waals surface area contributed by atoms with Gasteiger partial charge in [-0.25, -0.2) is 4.79 Å². The van der Waals surface area contributed by atoms with Crippen LogP contribution in [0.4, 0.5) is 18.0 Å². The second-order valence-corrected chi connectivity index (χ2v) is 6.10. The quantitative estimate of drug-likeness (QED) is 0.869. The molecule has 6 nitrogen and oxygen atoms in total. The fourth-order valence-corrected chi connectivity index (χ4v) is 3.11. The fourth-order valence-electron chi connectivity index (χ4n) is 3.11. The van der Waals surface area contributed by atoms with Crippen LogP contribution in [0.3, 0.4) is 0 Å². The number of aromatic nitrogens is 2. The monoisotopic (exact) mass is 369 g/mol. The van der Waals surface area contributed by atoms with Gasteiger partial charge in [0.2, 0.25) is 0 Å². The van der Waals surface area contributed by atoms with Gasteiger partial charge in [0.05, 0.1) is 17.8 Å². The van der Waals surface area contributed by atoms with E-state index in [1.165, 1.54) is 17.0 Å². The number of fused-ring (bicyclic) bond motifs is 1. The predicted molar refractivity (Wildman–Crippen MR) is 86.5 cm³/mol. The van der Waals surface area contributed by atoms with Crippen LogP contribution in [0, 0.1) is 0 Å². The van der Waals surface area contributed by atoms with Gasteiger partial charge in [-0.2, -0.15) is 18.3 Å². The first kappa shape index (κ1) is 18.2. The van der Waals surface area contributed by atoms with Gasteiger partial charge in [-0.15, -0.1) is 0 Å². The Morgan fingerprint density at radius 3 is 2.50 bits per heavy atom. The number of halogens is 3. The number of hydrogen-bond donors (Lipinski definition) is 2. The van der Waals surface area contributed by atoms with Crippen LogP contribution in [0.2, 0.25) is 0 Å². The number of hydrogen-bond acceptors (Lipinski definition) is 3. The molecule has 1 aliphatic rings. The average molecular weight is 369 g/mol. The number of nitrogens with zero attached hydrogens (tertiary/aromatic N) is 3. The van der Waals surface area contributed by atoms with Crippen LogP contribution in [0.5, 0.6) is 0 Å². The molecule has 0 saturated heterocycles. The summed E-state index contributed by atoms with van der Waals surface area (Å²) < 4.78 is 40.0. The van der Waals surface area contributed by atoms with Crippen molar-refractivity contribution in [3.05, 3.63) is 41.1 Å². The van der Waals surface area contributed by atoms with Crippen molar-refractivity contribution in [1.29, 1.82) is 0 Å². The number of aliphatic hydroxyl groups is 1. The SMILES string of the molecule is O=C(O)N1CCc2c(c(-c3ccc(C(F)(F)F)cc3)nn2CCCO)C1. The van der Waals surface area contributed by atoms with Crippen molar-refractivity contribution in [2.24, 2.45) is 0 Å². The van der Waals surface area contributed by atoms with E-state index in [0.717, 1.165) is 17.8 Å². The molecule has 0 atom stereocenters. The van der Waals surface area contributed by atoms with Crippen molar-refractivity contribution in [2.75, 3.05) is 13.2 Å². The van der Waals surface area contributed by atoms with Crippen molar-refractivity contribution < 1.29 is 28.2 Å². The Kier molecular flexibility index (Phi) is 4.90. The Balaban J connectivity index is 2.00. The summed E-state index contributed by atoms with van der Waals surface area (Å²) in [5, 5.41) is 22.8. The number of aliphatic hydroxyl groups excluding tert-OH is 1. The number of carbonyl (C=O) groups is 1. The molecule has 1 aliphatic heterocycles. The second kappa shape index (κ2) is 6.99. The van der Waals surface area contributed by atoms with Gasteiger partial charge in [0.1, 0.15) is 0 Å². The van der Waals surface area contributed by atoms with Gasteiger partial charge in [-0.3, -0.25) is 4.68 Å². The number of carboxylic acid groups (broad SMARTS) is 1. The number of benzene rings is 1. The Morgan fingerprint density at radius 2 is 1.92 bits per heavy atom. The third kappa shape index (κ3) is 3.52. The fraction of sp³-hybridized carbons (Fsp3) is 0.412. The van der Waals surface area contributed by atoms with Crippen molar-refractivity contribution in [2.45, 2.75) is 32.1 Å². The van der Waals surface area contributed by atoms with Gasteiger partial charge in [0.25, 0.3) is 0 Å². The summed E-state index contributed by atoms with van der Waals surface area (Å²) in [6.07, 6.45) is -4.50. The first-order chi connectivity index (χ1) is 12.3. The molecule has 0 saturated carbocycles. The predicted octanol–water partition coefficient (Wildman–Crippen LogP) is 2.99. The number of alkyl halides is 3. The third-order valence-corrected chi connectivity index (χ3v) is 4.42. The van der Waals surface area contributed by atoms with E-state index in [1.54, 1.807) is 4.68 Å². The van der Waals surface area contributed by atoms with Crippen molar-refractivity contribution in [1.82, 2.24) is 14.7 Å². The number of rotatable bonds is 4. The van der Waals surface area contributed by atoms with E-state index in [0.29, 0.717) is 42.8 Å². The van der Waals surface area contributed by atoms with E-state index >= 15 is 0 Å². The molecule has 1 aromatic carbocycles. The van der Waals surface area contributed by atoms with Crippen molar-refractivity contribution in [3.63, 3.8) is 0 Å². The minimum atomic E-state index is -4.42. The molecule has 3 rings (SSSR count). The van der Waals surface area contributed by atoms with E-state index in [4.69, 9.17) is 5.11 Å². The molecular formula is C17H18F3N3O3. The normalized spacial score (nSPS) is 14.4. The third-order valence-electron chi connectivity index (χ3n) is 4.42. The molecule has 140 valence electrons. The molecule has 0 radical (unpaired) electrons. The Hall–Kier alpha value is -2.55. The van der Waals surface area contributed by atoms with Gasteiger partial charge in [0.15, 0.2) is 0 Å². The Bertz CT molecular complexity index is 800. The zero-order valence-corrected chi connectivity index (χ0v) is 13.8. The standard InChI is InChI=1S/C17H18F3N3O3/c18-17(19,20)12-4-2-11(3-5-12)15-13-10-22(16(25)26)8-6-14(13)23(21-15)7-1-9-24/h2-5,24H,1,6-10H2,(H,25,26). The molecule has 9 heteroatoms. The molecule has 2 aromatic rings. The molecule has 0 aliphatic carbocycles. The summed E-state index contributed by atoms with van der Waals surface area (Å²) in [4.78, 5) is 12.5. The van der Waals surface area contributed by atoms with E-state index in [-0.39, 0.29) is 13.2 Å². The summed E-state index contributed by atoms with van der Waals surface area (Å²) in [5.41, 5.74) is 1.81. The van der Waals surface area contributed by atoms with Crippen LogP contribution in [0.25, 0.3) is 11.3 Å². The zero-order chi connectivity index (χ0) is 18.9. The highest BCUT2D eigenvalue weighted by Crippen LogP contribution is 2.33. The van der Waals surface area contributed by atoms with Crippen LogP contribution in [0.15, 0.2) is 24.3 Å².